The van der Waals surface area contributed by atoms with Crippen LogP contribution in [-0.2, 0) is 16.2 Å². The highest BCUT2D eigenvalue weighted by atomic mass is 16.7. The Morgan fingerprint density at radius 1 is 0.960 bits per heavy atom. The molecule has 2 aromatic carbocycles. The molecule has 0 aliphatic carbocycles. The predicted octanol–water partition coefficient (Wildman–Crippen LogP) is 1.69. The van der Waals surface area contributed by atoms with Gasteiger partial charge in [-0.15, -0.1) is 0 Å². The maximum atomic E-state index is 12.2. The van der Waals surface area contributed by atoms with Crippen LogP contribution >= 0.6 is 0 Å². The van der Waals surface area contributed by atoms with Crippen LogP contribution in [0.1, 0.15) is 43.6 Å². The van der Waals surface area contributed by atoms with Crippen LogP contribution in [-0.4, -0.2) is 28.8 Å². The van der Waals surface area contributed by atoms with Gasteiger partial charge in [0.15, 0.2) is 0 Å². The first-order chi connectivity index (χ1) is 12.0. The summed E-state index contributed by atoms with van der Waals surface area (Å²) in [5.74, 6) is -2.32. The fraction of sp³-hybridized carbons (Fsp3) is 0.111. The predicted molar refractivity (Wildman–Crippen MR) is 86.3 cm³/mol. The summed E-state index contributed by atoms with van der Waals surface area (Å²) < 4.78 is 0. The van der Waals surface area contributed by atoms with Gasteiger partial charge in [-0.2, -0.15) is 0 Å². The first-order valence-electron chi connectivity index (χ1n) is 7.51. The van der Waals surface area contributed by atoms with E-state index >= 15 is 0 Å². The molecule has 0 aromatic heterocycles. The molecule has 2 aromatic rings. The molecule has 0 bridgehead atoms. The zero-order chi connectivity index (χ0) is 18.0. The summed E-state index contributed by atoms with van der Waals surface area (Å²) in [4.78, 5) is 52.4. The number of hydroxylamine groups is 2. The molecule has 3 amide bonds. The van der Waals surface area contributed by atoms with Crippen LogP contribution in [0.2, 0.25) is 0 Å². The van der Waals surface area contributed by atoms with E-state index in [1.807, 2.05) is 0 Å². The van der Waals surface area contributed by atoms with E-state index < -0.39 is 17.8 Å². The monoisotopic (exact) mass is 338 g/mol. The van der Waals surface area contributed by atoms with Gasteiger partial charge in [-0.05, 0) is 29.8 Å². The minimum Gasteiger partial charge on any atom is -0.352 e. The molecule has 1 N–H and O–H groups in total. The number of imide groups is 1. The molecule has 1 aliphatic heterocycles. The fourth-order valence-electron chi connectivity index (χ4n) is 2.37. The molecule has 0 fully saturated rings. The molecular formula is C18H14N2O5. The number of carbonyl (C=O) groups excluding carboxylic acids is 4. The SMILES string of the molecule is CC(=O)NCc1ccc(C(=O)ON2C(=O)c3ccccc3C2=O)cc1. The molecule has 0 saturated heterocycles. The van der Waals surface area contributed by atoms with Crippen LogP contribution in [0.4, 0.5) is 0 Å². The van der Waals surface area contributed by atoms with Gasteiger partial charge in [0, 0.05) is 13.5 Å². The summed E-state index contributed by atoms with van der Waals surface area (Å²) in [5, 5.41) is 3.11. The molecule has 25 heavy (non-hydrogen) atoms. The Labute approximate surface area is 143 Å². The number of hydrogen-bond donors (Lipinski definition) is 1. The minimum absolute atomic E-state index is 0.158. The molecule has 126 valence electrons. The van der Waals surface area contributed by atoms with E-state index in [4.69, 9.17) is 4.84 Å². The van der Waals surface area contributed by atoms with E-state index in [9.17, 15) is 19.2 Å². The highest BCUT2D eigenvalue weighted by molar-refractivity contribution is 6.21. The number of amides is 3. The highest BCUT2D eigenvalue weighted by Crippen LogP contribution is 2.23. The standard InChI is InChI=1S/C18H14N2O5/c1-11(21)19-10-12-6-8-13(9-7-12)18(24)25-20-16(22)14-4-2-3-5-15(14)17(20)23/h2-9H,10H2,1H3,(H,19,21). The van der Waals surface area contributed by atoms with Crippen molar-refractivity contribution in [1.29, 1.82) is 0 Å². The molecule has 0 saturated carbocycles. The van der Waals surface area contributed by atoms with Crippen LogP contribution < -0.4 is 5.32 Å². The highest BCUT2D eigenvalue weighted by Gasteiger charge is 2.38. The number of fused-ring (bicyclic) bond motifs is 1. The summed E-state index contributed by atoms with van der Waals surface area (Å²) in [6.45, 7) is 1.75. The van der Waals surface area contributed by atoms with Gasteiger partial charge in [-0.25, -0.2) is 4.79 Å². The number of nitrogens with one attached hydrogen (secondary N) is 1. The third kappa shape index (κ3) is 3.25. The van der Waals surface area contributed by atoms with E-state index in [2.05, 4.69) is 5.32 Å². The molecule has 0 radical (unpaired) electrons. The topological polar surface area (TPSA) is 92.8 Å². The number of rotatable bonds is 4. The Balaban J connectivity index is 1.70. The van der Waals surface area contributed by atoms with Gasteiger partial charge in [0.1, 0.15) is 0 Å². The lowest BCUT2D eigenvalue weighted by Gasteiger charge is -2.12. The van der Waals surface area contributed by atoms with Crippen LogP contribution in [0.3, 0.4) is 0 Å². The molecule has 0 atom stereocenters. The molecule has 0 spiro atoms. The lowest BCUT2D eigenvalue weighted by Crippen LogP contribution is -2.32. The van der Waals surface area contributed by atoms with E-state index in [0.29, 0.717) is 11.6 Å². The largest absolute Gasteiger partial charge is 0.363 e. The zero-order valence-electron chi connectivity index (χ0n) is 13.3. The molecule has 3 rings (SSSR count). The van der Waals surface area contributed by atoms with Crippen molar-refractivity contribution in [2.24, 2.45) is 0 Å². The second-order valence-electron chi connectivity index (χ2n) is 5.44. The van der Waals surface area contributed by atoms with Gasteiger partial charge in [-0.3, -0.25) is 14.4 Å². The number of nitrogens with zero attached hydrogens (tertiary/aromatic N) is 1. The van der Waals surface area contributed by atoms with Crippen molar-refractivity contribution in [3.8, 4) is 0 Å². The van der Waals surface area contributed by atoms with Crippen LogP contribution in [0.15, 0.2) is 48.5 Å². The van der Waals surface area contributed by atoms with Crippen LogP contribution in [0.5, 0.6) is 0 Å². The Morgan fingerprint density at radius 2 is 1.52 bits per heavy atom. The lowest BCUT2D eigenvalue weighted by molar-refractivity contribution is -0.119. The fourth-order valence-corrected chi connectivity index (χ4v) is 2.37. The summed E-state index contributed by atoms with van der Waals surface area (Å²) in [5.41, 5.74) is 1.38. The van der Waals surface area contributed by atoms with Crippen molar-refractivity contribution in [3.63, 3.8) is 0 Å². The van der Waals surface area contributed by atoms with Crippen LogP contribution in [0, 0.1) is 0 Å². The van der Waals surface area contributed by atoms with Gasteiger partial charge in [0.05, 0.1) is 16.7 Å². The van der Waals surface area contributed by atoms with Crippen molar-refractivity contribution in [2.75, 3.05) is 0 Å². The zero-order valence-corrected chi connectivity index (χ0v) is 13.3. The molecule has 1 heterocycles. The Kier molecular flexibility index (Phi) is 4.30. The smallest absolute Gasteiger partial charge is 0.352 e. The van der Waals surface area contributed by atoms with Crippen molar-refractivity contribution in [2.45, 2.75) is 13.5 Å². The first kappa shape index (κ1) is 16.4. The Bertz CT molecular complexity index is 838. The van der Waals surface area contributed by atoms with Crippen molar-refractivity contribution >= 4 is 23.7 Å². The molecular weight excluding hydrogens is 324 g/mol. The Morgan fingerprint density at radius 3 is 2.04 bits per heavy atom. The van der Waals surface area contributed by atoms with Gasteiger partial charge < -0.3 is 10.2 Å². The quantitative estimate of drug-likeness (QED) is 0.857. The number of hydrogen-bond acceptors (Lipinski definition) is 5. The molecule has 7 nitrogen and oxygen atoms in total. The maximum Gasteiger partial charge on any atom is 0.363 e. The normalized spacial score (nSPS) is 12.8. The van der Waals surface area contributed by atoms with Gasteiger partial charge >= 0.3 is 5.97 Å². The van der Waals surface area contributed by atoms with Gasteiger partial charge in [0.2, 0.25) is 5.91 Å². The maximum absolute atomic E-state index is 12.2. The van der Waals surface area contributed by atoms with Crippen molar-refractivity contribution in [3.05, 3.63) is 70.8 Å². The molecule has 1 aliphatic rings. The lowest BCUT2D eigenvalue weighted by atomic mass is 10.1. The second kappa shape index (κ2) is 6.56. The average Bonchev–Trinajstić information content (AvgIpc) is 2.85. The van der Waals surface area contributed by atoms with Crippen molar-refractivity contribution < 1.29 is 24.0 Å². The first-order valence-corrected chi connectivity index (χ1v) is 7.51. The number of carbonyl (C=O) groups is 4. The van der Waals surface area contributed by atoms with E-state index in [1.54, 1.807) is 24.3 Å². The Hall–Kier alpha value is -3.48. The summed E-state index contributed by atoms with van der Waals surface area (Å²) in [6.07, 6.45) is 0. The van der Waals surface area contributed by atoms with Gasteiger partial charge in [0.25, 0.3) is 11.8 Å². The average molecular weight is 338 g/mol. The molecule has 0 unspecified atom stereocenters. The van der Waals surface area contributed by atoms with E-state index in [1.165, 1.54) is 31.2 Å². The molecule has 7 heteroatoms. The summed E-state index contributed by atoms with van der Waals surface area (Å²) in [6, 6.07) is 12.5. The van der Waals surface area contributed by atoms with E-state index in [0.717, 1.165) is 5.56 Å². The van der Waals surface area contributed by atoms with Crippen LogP contribution in [0.25, 0.3) is 0 Å². The minimum atomic E-state index is -0.819. The van der Waals surface area contributed by atoms with Gasteiger partial charge in [-0.1, -0.05) is 29.3 Å². The number of benzene rings is 2. The summed E-state index contributed by atoms with van der Waals surface area (Å²) in [7, 11) is 0. The van der Waals surface area contributed by atoms with Crippen molar-refractivity contribution in [1.82, 2.24) is 10.4 Å². The summed E-state index contributed by atoms with van der Waals surface area (Å²) >= 11 is 0. The van der Waals surface area contributed by atoms with E-state index in [-0.39, 0.29) is 22.6 Å². The third-order valence-corrected chi connectivity index (χ3v) is 3.66. The third-order valence-electron chi connectivity index (χ3n) is 3.66. The second-order valence-corrected chi connectivity index (χ2v) is 5.44.